The van der Waals surface area contributed by atoms with Gasteiger partial charge in [0.05, 0.1) is 6.54 Å². The maximum absolute atomic E-state index is 12.9. The number of rotatable bonds is 4. The molecule has 1 heterocycles. The van der Waals surface area contributed by atoms with Crippen molar-refractivity contribution in [2.24, 2.45) is 0 Å². The summed E-state index contributed by atoms with van der Waals surface area (Å²) < 4.78 is 12.9. The second-order valence-corrected chi connectivity index (χ2v) is 6.49. The molecule has 1 saturated heterocycles. The van der Waals surface area contributed by atoms with Crippen LogP contribution in [0.1, 0.15) is 15.9 Å². The number of benzene rings is 2. The van der Waals surface area contributed by atoms with Gasteiger partial charge >= 0.3 is 0 Å². The Kier molecular flexibility index (Phi) is 5.63. The number of carbonyl (C=O) groups excluding carboxylic acids is 2. The number of hydrogen-bond donors (Lipinski definition) is 1. The molecule has 2 aromatic rings. The SMILES string of the molecule is Cc1cccc(C(=O)N2CCN(CC(=O)Nc3ccc(F)cc3)CC2)c1. The fourth-order valence-electron chi connectivity index (χ4n) is 3.01. The van der Waals surface area contributed by atoms with Crippen LogP contribution in [0.3, 0.4) is 0 Å². The summed E-state index contributed by atoms with van der Waals surface area (Å²) in [5, 5.41) is 2.75. The van der Waals surface area contributed by atoms with Crippen molar-refractivity contribution >= 4 is 17.5 Å². The molecule has 1 N–H and O–H groups in total. The van der Waals surface area contributed by atoms with Gasteiger partial charge in [-0.1, -0.05) is 17.7 Å². The van der Waals surface area contributed by atoms with Crippen LogP contribution in [0.25, 0.3) is 0 Å². The smallest absolute Gasteiger partial charge is 0.253 e. The fraction of sp³-hybridized carbons (Fsp3) is 0.300. The van der Waals surface area contributed by atoms with Crippen LogP contribution in [-0.4, -0.2) is 54.3 Å². The number of carbonyl (C=O) groups is 2. The van der Waals surface area contributed by atoms with Crippen molar-refractivity contribution in [2.45, 2.75) is 6.92 Å². The van der Waals surface area contributed by atoms with Crippen molar-refractivity contribution in [2.75, 3.05) is 38.0 Å². The molecule has 5 nitrogen and oxygen atoms in total. The molecule has 2 aromatic carbocycles. The minimum absolute atomic E-state index is 0.0316. The molecular weight excluding hydrogens is 333 g/mol. The highest BCUT2D eigenvalue weighted by Gasteiger charge is 2.23. The number of aryl methyl sites for hydroxylation is 1. The molecule has 0 aliphatic carbocycles. The fourth-order valence-corrected chi connectivity index (χ4v) is 3.01. The molecule has 0 radical (unpaired) electrons. The molecule has 0 spiro atoms. The molecule has 0 saturated carbocycles. The lowest BCUT2D eigenvalue weighted by Gasteiger charge is -2.34. The molecule has 0 atom stereocenters. The quantitative estimate of drug-likeness (QED) is 0.917. The first-order chi connectivity index (χ1) is 12.5. The Hall–Kier alpha value is -2.73. The largest absolute Gasteiger partial charge is 0.336 e. The van der Waals surface area contributed by atoms with Crippen molar-refractivity contribution in [1.82, 2.24) is 9.80 Å². The summed E-state index contributed by atoms with van der Waals surface area (Å²) in [5.74, 6) is -0.448. The van der Waals surface area contributed by atoms with Gasteiger partial charge in [0.25, 0.3) is 5.91 Å². The van der Waals surface area contributed by atoms with Crippen LogP contribution in [0.4, 0.5) is 10.1 Å². The van der Waals surface area contributed by atoms with Crippen molar-refractivity contribution in [3.8, 4) is 0 Å². The van der Waals surface area contributed by atoms with Gasteiger partial charge in [0.15, 0.2) is 0 Å². The van der Waals surface area contributed by atoms with Gasteiger partial charge in [-0.15, -0.1) is 0 Å². The van der Waals surface area contributed by atoms with E-state index in [4.69, 9.17) is 0 Å². The lowest BCUT2D eigenvalue weighted by atomic mass is 10.1. The van der Waals surface area contributed by atoms with Gasteiger partial charge in [-0.2, -0.15) is 0 Å². The van der Waals surface area contributed by atoms with E-state index in [1.165, 1.54) is 24.3 Å². The molecule has 3 rings (SSSR count). The Balaban J connectivity index is 1.48. The van der Waals surface area contributed by atoms with Gasteiger partial charge in [-0.25, -0.2) is 4.39 Å². The molecule has 1 aliphatic rings. The molecule has 6 heteroatoms. The van der Waals surface area contributed by atoms with E-state index in [0.29, 0.717) is 37.4 Å². The molecule has 0 bridgehead atoms. The summed E-state index contributed by atoms with van der Waals surface area (Å²) >= 11 is 0. The Bertz CT molecular complexity index is 784. The van der Waals surface area contributed by atoms with E-state index in [9.17, 15) is 14.0 Å². The molecule has 1 aliphatic heterocycles. The van der Waals surface area contributed by atoms with E-state index >= 15 is 0 Å². The Morgan fingerprint density at radius 3 is 2.38 bits per heavy atom. The number of nitrogens with one attached hydrogen (secondary N) is 1. The summed E-state index contributed by atoms with van der Waals surface area (Å²) in [6, 6.07) is 13.3. The number of piperazine rings is 1. The predicted octanol–water partition coefficient (Wildman–Crippen LogP) is 2.53. The monoisotopic (exact) mass is 355 g/mol. The van der Waals surface area contributed by atoms with Crippen LogP contribution in [-0.2, 0) is 4.79 Å². The number of amides is 2. The minimum Gasteiger partial charge on any atom is -0.336 e. The van der Waals surface area contributed by atoms with Crippen LogP contribution in [0.15, 0.2) is 48.5 Å². The lowest BCUT2D eigenvalue weighted by molar-refractivity contribution is -0.117. The average Bonchev–Trinajstić information content (AvgIpc) is 2.64. The molecule has 1 fully saturated rings. The van der Waals surface area contributed by atoms with E-state index in [-0.39, 0.29) is 24.2 Å². The van der Waals surface area contributed by atoms with Crippen LogP contribution in [0.2, 0.25) is 0 Å². The van der Waals surface area contributed by atoms with Gasteiger partial charge in [-0.3, -0.25) is 14.5 Å². The number of halogens is 1. The van der Waals surface area contributed by atoms with Crippen molar-refractivity contribution in [3.05, 3.63) is 65.5 Å². The predicted molar refractivity (Wildman–Crippen MR) is 98.6 cm³/mol. The molecule has 136 valence electrons. The summed E-state index contributed by atoms with van der Waals surface area (Å²) in [6.07, 6.45) is 0. The van der Waals surface area contributed by atoms with Crippen LogP contribution < -0.4 is 5.32 Å². The van der Waals surface area contributed by atoms with Gasteiger partial charge in [0.2, 0.25) is 5.91 Å². The average molecular weight is 355 g/mol. The van der Waals surface area contributed by atoms with Gasteiger partial charge in [0, 0.05) is 37.4 Å². The normalized spacial score (nSPS) is 14.9. The first kappa shape index (κ1) is 18.1. The van der Waals surface area contributed by atoms with Crippen molar-refractivity contribution < 1.29 is 14.0 Å². The highest BCUT2D eigenvalue weighted by molar-refractivity contribution is 5.94. The maximum Gasteiger partial charge on any atom is 0.253 e. The highest BCUT2D eigenvalue weighted by Crippen LogP contribution is 2.12. The summed E-state index contributed by atoms with van der Waals surface area (Å²) in [5.41, 5.74) is 2.34. The van der Waals surface area contributed by atoms with E-state index in [1.807, 2.05) is 41.0 Å². The molecule has 26 heavy (non-hydrogen) atoms. The van der Waals surface area contributed by atoms with E-state index < -0.39 is 0 Å². The van der Waals surface area contributed by atoms with Crippen molar-refractivity contribution in [1.29, 1.82) is 0 Å². The van der Waals surface area contributed by atoms with E-state index in [1.54, 1.807) is 0 Å². The Labute approximate surface area is 152 Å². The lowest BCUT2D eigenvalue weighted by Crippen LogP contribution is -2.50. The number of anilines is 1. The summed E-state index contributed by atoms with van der Waals surface area (Å²) in [4.78, 5) is 28.5. The zero-order chi connectivity index (χ0) is 18.5. The summed E-state index contributed by atoms with van der Waals surface area (Å²) in [6.45, 7) is 4.70. The third-order valence-electron chi connectivity index (χ3n) is 4.42. The number of nitrogens with zero attached hydrogens (tertiary/aromatic N) is 2. The molecule has 2 amide bonds. The standard InChI is InChI=1S/C20H22FN3O2/c1-15-3-2-4-16(13-15)20(26)24-11-9-23(10-12-24)14-19(25)22-18-7-5-17(21)6-8-18/h2-8,13H,9-12,14H2,1H3,(H,22,25). The minimum atomic E-state index is -0.336. The first-order valence-corrected chi connectivity index (χ1v) is 8.65. The second-order valence-electron chi connectivity index (χ2n) is 6.49. The zero-order valence-corrected chi connectivity index (χ0v) is 14.7. The molecule has 0 unspecified atom stereocenters. The third kappa shape index (κ3) is 4.67. The van der Waals surface area contributed by atoms with Crippen molar-refractivity contribution in [3.63, 3.8) is 0 Å². The second kappa shape index (κ2) is 8.10. The van der Waals surface area contributed by atoms with Gasteiger partial charge in [-0.05, 0) is 43.3 Å². The first-order valence-electron chi connectivity index (χ1n) is 8.65. The Morgan fingerprint density at radius 2 is 1.73 bits per heavy atom. The topological polar surface area (TPSA) is 52.7 Å². The van der Waals surface area contributed by atoms with Crippen LogP contribution in [0, 0.1) is 12.7 Å². The third-order valence-corrected chi connectivity index (χ3v) is 4.42. The summed E-state index contributed by atoms with van der Waals surface area (Å²) in [7, 11) is 0. The van der Waals surface area contributed by atoms with Crippen LogP contribution in [0.5, 0.6) is 0 Å². The number of hydrogen-bond acceptors (Lipinski definition) is 3. The zero-order valence-electron chi connectivity index (χ0n) is 14.7. The molecule has 0 aromatic heterocycles. The maximum atomic E-state index is 12.9. The van der Waals surface area contributed by atoms with Crippen LogP contribution >= 0.6 is 0 Å². The van der Waals surface area contributed by atoms with Gasteiger partial charge < -0.3 is 10.2 Å². The Morgan fingerprint density at radius 1 is 1.04 bits per heavy atom. The molecular formula is C20H22FN3O2. The van der Waals surface area contributed by atoms with E-state index in [0.717, 1.165) is 5.56 Å². The van der Waals surface area contributed by atoms with Gasteiger partial charge in [0.1, 0.15) is 5.82 Å². The van der Waals surface area contributed by atoms with E-state index in [2.05, 4.69) is 5.32 Å². The highest BCUT2D eigenvalue weighted by atomic mass is 19.1.